The van der Waals surface area contributed by atoms with Gasteiger partial charge in [-0.05, 0) is 57.6 Å². The van der Waals surface area contributed by atoms with E-state index in [1.54, 1.807) is 6.20 Å². The molecule has 2 fully saturated rings. The van der Waals surface area contributed by atoms with Crippen LogP contribution in [0.5, 0.6) is 0 Å². The second-order valence-corrected chi connectivity index (χ2v) is 8.27. The highest BCUT2D eigenvalue weighted by Crippen LogP contribution is 2.39. The van der Waals surface area contributed by atoms with Gasteiger partial charge in [0.05, 0.1) is 31.2 Å². The maximum Gasteiger partial charge on any atom is 0.217 e. The molecule has 190 valence electrons. The summed E-state index contributed by atoms with van der Waals surface area (Å²) in [6.45, 7) is 20.5. The molecule has 0 bridgehead atoms. The molecule has 1 saturated carbocycles. The van der Waals surface area contributed by atoms with Crippen LogP contribution in [0.15, 0.2) is 42.8 Å². The fourth-order valence-corrected chi connectivity index (χ4v) is 3.35. The fraction of sp³-hybridized carbons (Fsp3) is 0.643. The molecule has 3 unspecified atom stereocenters. The zero-order chi connectivity index (χ0) is 25.6. The first-order valence-electron chi connectivity index (χ1n) is 12.4. The van der Waals surface area contributed by atoms with Gasteiger partial charge in [-0.2, -0.15) is 0 Å². The predicted octanol–water partition coefficient (Wildman–Crippen LogP) is 7.31. The zero-order valence-electron chi connectivity index (χ0n) is 22.5. The molecule has 0 aromatic carbocycles. The Hall–Kier alpha value is -2.14. The maximum absolute atomic E-state index is 10.5. The molecule has 3 atom stereocenters. The molecule has 1 aliphatic heterocycles. The summed E-state index contributed by atoms with van der Waals surface area (Å²) in [6.07, 6.45) is 12.5. The van der Waals surface area contributed by atoms with E-state index in [-0.39, 0.29) is 5.91 Å². The van der Waals surface area contributed by atoms with Crippen molar-refractivity contribution in [1.29, 1.82) is 0 Å². The van der Waals surface area contributed by atoms with E-state index < -0.39 is 0 Å². The minimum absolute atomic E-state index is 0.0302. The third-order valence-corrected chi connectivity index (χ3v) is 5.40. The number of amides is 1. The number of epoxide rings is 1. The van der Waals surface area contributed by atoms with Crippen LogP contribution < -0.4 is 5.32 Å². The molecule has 3 rings (SSSR count). The van der Waals surface area contributed by atoms with Gasteiger partial charge in [0, 0.05) is 13.1 Å². The molecule has 2 N–H and O–H groups in total. The molecular formula is C28H50N2O3. The van der Waals surface area contributed by atoms with Crippen LogP contribution in [0.3, 0.4) is 0 Å². The SMILES string of the molecule is C=CO.CC.CC(=O)NCc1ccc(C)cn1.CC=C(C)C.CCC1CCCCC1C1CO1. The Kier molecular flexibility index (Phi) is 21.7. The van der Waals surface area contributed by atoms with Crippen molar-refractivity contribution in [3.63, 3.8) is 0 Å². The van der Waals surface area contributed by atoms with Crippen LogP contribution in [0.4, 0.5) is 0 Å². The highest BCUT2D eigenvalue weighted by molar-refractivity contribution is 5.72. The molecule has 2 heterocycles. The monoisotopic (exact) mass is 462 g/mol. The van der Waals surface area contributed by atoms with Gasteiger partial charge in [-0.15, -0.1) is 0 Å². The van der Waals surface area contributed by atoms with E-state index >= 15 is 0 Å². The standard InChI is InChI=1S/C10H18O.C9H12N2O.C5H10.C2H4O.C2H6/c1-2-8-5-3-4-6-9(8)10-7-11-10;1-7-3-4-9(11-5-7)6-10-8(2)12;1-4-5(2)3;1-2-3;1-2/h8-10H,2-7H2,1H3;3-5H,6H2,1-2H3,(H,10,12);4H,1-3H3;2-3H,1H2;1-2H3. The molecule has 1 aromatic heterocycles. The van der Waals surface area contributed by atoms with Gasteiger partial charge in [0.25, 0.3) is 0 Å². The Bertz CT molecular complexity index is 633. The average molecular weight is 463 g/mol. The lowest BCUT2D eigenvalue weighted by molar-refractivity contribution is -0.119. The first-order valence-corrected chi connectivity index (χ1v) is 12.4. The Labute approximate surface area is 203 Å². The molecule has 5 heteroatoms. The van der Waals surface area contributed by atoms with Crippen molar-refractivity contribution in [2.24, 2.45) is 11.8 Å². The molecule has 0 radical (unpaired) electrons. The number of carbonyl (C=O) groups is 1. The van der Waals surface area contributed by atoms with Gasteiger partial charge in [-0.25, -0.2) is 0 Å². The van der Waals surface area contributed by atoms with Crippen LogP contribution in [0.1, 0.15) is 91.8 Å². The number of nitrogens with zero attached hydrogens (tertiary/aromatic N) is 1. The van der Waals surface area contributed by atoms with E-state index in [1.165, 1.54) is 44.6 Å². The smallest absolute Gasteiger partial charge is 0.217 e. The highest BCUT2D eigenvalue weighted by atomic mass is 16.6. The van der Waals surface area contributed by atoms with Gasteiger partial charge in [-0.3, -0.25) is 9.78 Å². The number of aliphatic hydroxyl groups is 1. The van der Waals surface area contributed by atoms with Crippen molar-refractivity contribution in [2.45, 2.75) is 100 Å². The summed E-state index contributed by atoms with van der Waals surface area (Å²) in [5, 5.41) is 10.0. The lowest BCUT2D eigenvalue weighted by atomic mass is 9.76. The first-order chi connectivity index (χ1) is 15.8. The van der Waals surface area contributed by atoms with Crippen molar-refractivity contribution in [3.8, 4) is 0 Å². The number of hydrogen-bond acceptors (Lipinski definition) is 4. The third-order valence-electron chi connectivity index (χ3n) is 5.40. The van der Waals surface area contributed by atoms with E-state index in [1.807, 2.05) is 39.8 Å². The predicted molar refractivity (Wildman–Crippen MR) is 141 cm³/mol. The largest absolute Gasteiger partial charge is 0.516 e. The molecule has 1 saturated heterocycles. The van der Waals surface area contributed by atoms with Crippen LogP contribution >= 0.6 is 0 Å². The lowest BCUT2D eigenvalue weighted by Crippen LogP contribution is -2.23. The summed E-state index contributed by atoms with van der Waals surface area (Å²) in [4.78, 5) is 14.7. The minimum atomic E-state index is -0.0302. The van der Waals surface area contributed by atoms with Gasteiger partial charge in [0.15, 0.2) is 0 Å². The van der Waals surface area contributed by atoms with Crippen molar-refractivity contribution in [3.05, 3.63) is 54.1 Å². The first kappa shape index (κ1) is 33.0. The molecule has 2 aliphatic rings. The molecule has 0 spiro atoms. The van der Waals surface area contributed by atoms with Crippen LogP contribution in [0, 0.1) is 18.8 Å². The van der Waals surface area contributed by atoms with Gasteiger partial charge in [0.1, 0.15) is 0 Å². The van der Waals surface area contributed by atoms with Crippen LogP contribution in [0.2, 0.25) is 0 Å². The quantitative estimate of drug-likeness (QED) is 0.279. The second-order valence-electron chi connectivity index (χ2n) is 8.27. The number of aryl methyl sites for hydroxylation is 1. The summed E-state index contributed by atoms with van der Waals surface area (Å²) in [7, 11) is 0. The van der Waals surface area contributed by atoms with E-state index in [0.29, 0.717) is 12.6 Å². The lowest BCUT2D eigenvalue weighted by Gasteiger charge is -2.29. The van der Waals surface area contributed by atoms with Crippen LogP contribution in [0.25, 0.3) is 0 Å². The fourth-order valence-electron chi connectivity index (χ4n) is 3.35. The number of carbonyl (C=O) groups excluding carboxylic acids is 1. The van der Waals surface area contributed by atoms with E-state index in [9.17, 15) is 4.79 Å². The highest BCUT2D eigenvalue weighted by Gasteiger charge is 2.38. The molecule has 5 nitrogen and oxygen atoms in total. The summed E-state index contributed by atoms with van der Waals surface area (Å²) in [6, 6.07) is 3.88. The van der Waals surface area contributed by atoms with Gasteiger partial charge < -0.3 is 15.2 Å². The van der Waals surface area contributed by atoms with Gasteiger partial charge >= 0.3 is 0 Å². The van der Waals surface area contributed by atoms with Crippen LogP contribution in [-0.2, 0) is 16.1 Å². The second kappa shape index (κ2) is 21.7. The number of hydrogen-bond donors (Lipinski definition) is 2. The normalized spacial score (nSPS) is 19.7. The summed E-state index contributed by atoms with van der Waals surface area (Å²) in [5.74, 6) is 1.88. The molecule has 33 heavy (non-hydrogen) atoms. The topological polar surface area (TPSA) is 74.8 Å². The van der Waals surface area contributed by atoms with Crippen molar-refractivity contribution in [2.75, 3.05) is 6.61 Å². The van der Waals surface area contributed by atoms with Crippen molar-refractivity contribution in [1.82, 2.24) is 10.3 Å². The van der Waals surface area contributed by atoms with E-state index in [2.05, 4.69) is 43.7 Å². The maximum atomic E-state index is 10.5. The zero-order valence-corrected chi connectivity index (χ0v) is 22.5. The Morgan fingerprint density at radius 2 is 1.79 bits per heavy atom. The van der Waals surface area contributed by atoms with Crippen LogP contribution in [-0.4, -0.2) is 28.7 Å². The average Bonchev–Trinajstić information content (AvgIpc) is 3.67. The number of ether oxygens (including phenoxy) is 1. The van der Waals surface area contributed by atoms with Gasteiger partial charge in [0.2, 0.25) is 5.91 Å². The number of rotatable bonds is 4. The molecular weight excluding hydrogens is 412 g/mol. The Balaban J connectivity index is 0. The van der Waals surface area contributed by atoms with E-state index in [0.717, 1.165) is 36.0 Å². The van der Waals surface area contributed by atoms with Crippen molar-refractivity contribution >= 4 is 5.91 Å². The van der Waals surface area contributed by atoms with Gasteiger partial charge in [-0.1, -0.05) is 70.7 Å². The summed E-state index contributed by atoms with van der Waals surface area (Å²) in [5.41, 5.74) is 3.39. The number of aromatic nitrogens is 1. The number of pyridine rings is 1. The minimum Gasteiger partial charge on any atom is -0.516 e. The summed E-state index contributed by atoms with van der Waals surface area (Å²) < 4.78 is 5.38. The van der Waals surface area contributed by atoms with E-state index in [4.69, 9.17) is 9.84 Å². The Morgan fingerprint density at radius 3 is 2.18 bits per heavy atom. The van der Waals surface area contributed by atoms with Crippen molar-refractivity contribution < 1.29 is 14.6 Å². The molecule has 1 aromatic rings. The number of aliphatic hydroxyl groups excluding tert-OH is 1. The number of nitrogens with one attached hydrogen (secondary N) is 1. The molecule has 1 amide bonds. The Morgan fingerprint density at radius 1 is 1.24 bits per heavy atom. The third kappa shape index (κ3) is 19.1. The summed E-state index contributed by atoms with van der Waals surface area (Å²) >= 11 is 0. The number of allylic oxidation sites excluding steroid dienone is 2. The molecule has 1 aliphatic carbocycles.